The third-order valence-electron chi connectivity index (χ3n) is 9.69. The Hall–Kier alpha value is -3.59. The van der Waals surface area contributed by atoms with Gasteiger partial charge in [-0.2, -0.15) is 0 Å². The van der Waals surface area contributed by atoms with E-state index in [1.54, 1.807) is 0 Å². The lowest BCUT2D eigenvalue weighted by atomic mass is 9.77. The van der Waals surface area contributed by atoms with Crippen LogP contribution in [0.25, 0.3) is 0 Å². The fourth-order valence-corrected chi connectivity index (χ4v) is 12.7. The summed E-state index contributed by atoms with van der Waals surface area (Å²) >= 11 is 0. The fraction of sp³-hybridized carbons (Fsp3) is 0.400. The quantitative estimate of drug-likeness (QED) is 0.220. The molecule has 0 amide bonds. The summed E-state index contributed by atoms with van der Waals surface area (Å²) in [7, 11) is -1.70. The predicted molar refractivity (Wildman–Crippen MR) is 165 cm³/mol. The van der Waals surface area contributed by atoms with E-state index >= 15 is 0 Å². The van der Waals surface area contributed by atoms with E-state index in [0.717, 1.165) is 15.9 Å². The molecule has 0 radical (unpaired) electrons. The van der Waals surface area contributed by atoms with E-state index in [1.165, 1.54) is 7.11 Å². The molecule has 0 spiro atoms. The summed E-state index contributed by atoms with van der Waals surface area (Å²) in [5.74, 6) is -1.78. The van der Waals surface area contributed by atoms with Crippen LogP contribution in [0.3, 0.4) is 0 Å². The normalized spacial score (nSPS) is 28.0. The van der Waals surface area contributed by atoms with E-state index in [-0.39, 0.29) is 36.3 Å². The van der Waals surface area contributed by atoms with Crippen LogP contribution in [0.4, 0.5) is 0 Å². The van der Waals surface area contributed by atoms with Crippen molar-refractivity contribution < 1.29 is 28.3 Å². The largest absolute Gasteiger partial charge is 0.467 e. The lowest BCUT2D eigenvalue weighted by Crippen LogP contribution is -2.71. The summed E-state index contributed by atoms with van der Waals surface area (Å²) in [5, 5.41) is 1.96. The lowest BCUT2D eigenvalue weighted by Gasteiger charge is -2.50. The van der Waals surface area contributed by atoms with Crippen LogP contribution in [0.5, 0.6) is 0 Å². The first-order chi connectivity index (χ1) is 20.6. The number of piperidine rings is 1. The van der Waals surface area contributed by atoms with Gasteiger partial charge < -0.3 is 13.9 Å². The standard InChI is InChI=1S/C35H39NO6Si/c1-34(2,3)43(26-16-10-6-11-17-26,27-18-12-7-13-19-27)42-30-20-25-21-31(37)35(33(39)40-4)28(30)22-29(36(25)35)32(38)41-23-24-14-8-5-9-15-24/h5-19,25,28-30H,20-23H2,1-4H3/t25-,28+,29-,30+,35+/m1/s1. The maximum atomic E-state index is 13.9. The van der Waals surface area contributed by atoms with Crippen LogP contribution in [-0.2, 0) is 34.9 Å². The van der Waals surface area contributed by atoms with Crippen molar-refractivity contribution in [3.63, 3.8) is 0 Å². The zero-order valence-corrected chi connectivity index (χ0v) is 26.2. The van der Waals surface area contributed by atoms with Crippen LogP contribution >= 0.6 is 0 Å². The molecule has 224 valence electrons. The third kappa shape index (κ3) is 4.58. The Labute approximate surface area is 254 Å². The van der Waals surface area contributed by atoms with Gasteiger partial charge in [0.1, 0.15) is 12.6 Å². The van der Waals surface area contributed by atoms with Crippen molar-refractivity contribution in [2.24, 2.45) is 5.92 Å². The number of rotatable bonds is 8. The Balaban J connectivity index is 1.42. The Morgan fingerprint density at radius 1 is 0.884 bits per heavy atom. The molecule has 0 saturated carbocycles. The summed E-state index contributed by atoms with van der Waals surface area (Å²) < 4.78 is 18.7. The highest BCUT2D eigenvalue weighted by Gasteiger charge is 2.75. The second-order valence-corrected chi connectivity index (χ2v) is 17.2. The molecule has 43 heavy (non-hydrogen) atoms. The summed E-state index contributed by atoms with van der Waals surface area (Å²) in [6.45, 7) is 6.76. The highest BCUT2D eigenvalue weighted by Crippen LogP contribution is 2.56. The molecule has 3 saturated heterocycles. The van der Waals surface area contributed by atoms with Gasteiger partial charge >= 0.3 is 11.9 Å². The van der Waals surface area contributed by atoms with Gasteiger partial charge in [0, 0.05) is 18.4 Å². The van der Waals surface area contributed by atoms with E-state index in [9.17, 15) is 14.4 Å². The number of esters is 2. The van der Waals surface area contributed by atoms with Crippen LogP contribution < -0.4 is 10.4 Å². The molecule has 4 bridgehead atoms. The summed E-state index contributed by atoms with van der Waals surface area (Å²) in [4.78, 5) is 43.1. The van der Waals surface area contributed by atoms with Gasteiger partial charge in [-0.3, -0.25) is 14.5 Å². The second kappa shape index (κ2) is 11.2. The molecule has 0 N–H and O–H groups in total. The topological polar surface area (TPSA) is 82.1 Å². The van der Waals surface area contributed by atoms with Crippen molar-refractivity contribution in [3.8, 4) is 0 Å². The van der Waals surface area contributed by atoms with Crippen molar-refractivity contribution in [1.82, 2.24) is 4.90 Å². The Morgan fingerprint density at radius 3 is 1.98 bits per heavy atom. The van der Waals surface area contributed by atoms with Gasteiger partial charge in [0.2, 0.25) is 0 Å². The molecule has 1 unspecified atom stereocenters. The number of benzene rings is 3. The minimum Gasteiger partial charge on any atom is -0.467 e. The Morgan fingerprint density at radius 2 is 1.44 bits per heavy atom. The zero-order valence-electron chi connectivity index (χ0n) is 25.2. The molecule has 3 aromatic rings. The van der Waals surface area contributed by atoms with Crippen molar-refractivity contribution in [1.29, 1.82) is 0 Å². The number of ether oxygens (including phenoxy) is 2. The van der Waals surface area contributed by atoms with Gasteiger partial charge in [-0.15, -0.1) is 0 Å². The molecule has 6 atom stereocenters. The van der Waals surface area contributed by atoms with Crippen molar-refractivity contribution >= 4 is 36.4 Å². The third-order valence-corrected chi connectivity index (χ3v) is 14.7. The van der Waals surface area contributed by atoms with Gasteiger partial charge in [-0.25, -0.2) is 4.79 Å². The molecule has 0 aromatic heterocycles. The molecule has 3 aliphatic rings. The molecule has 0 aliphatic carbocycles. The molecular formula is C35H39NO6Si. The number of hydrogen-bond donors (Lipinski definition) is 0. The maximum absolute atomic E-state index is 13.9. The molecule has 3 heterocycles. The van der Waals surface area contributed by atoms with E-state index < -0.39 is 43.9 Å². The molecule has 3 aromatic carbocycles. The first-order valence-corrected chi connectivity index (χ1v) is 16.9. The van der Waals surface area contributed by atoms with Crippen LogP contribution in [0.2, 0.25) is 5.04 Å². The van der Waals surface area contributed by atoms with Crippen molar-refractivity contribution in [2.75, 3.05) is 7.11 Å². The molecule has 7 nitrogen and oxygen atoms in total. The van der Waals surface area contributed by atoms with Crippen molar-refractivity contribution in [2.45, 2.75) is 75.4 Å². The average Bonchev–Trinajstić information content (AvgIpc) is 3.42. The van der Waals surface area contributed by atoms with Gasteiger partial charge in [-0.1, -0.05) is 112 Å². The molecule has 6 rings (SSSR count). The van der Waals surface area contributed by atoms with E-state index in [2.05, 4.69) is 45.0 Å². The first kappa shape index (κ1) is 29.5. The number of nitrogens with zero attached hydrogens (tertiary/aromatic N) is 1. The number of methoxy groups -OCH3 is 1. The number of Topliss-reactive ketones (excluding diaryl/α,β-unsaturated/α-hetero) is 1. The minimum atomic E-state index is -3.01. The Bertz CT molecular complexity index is 1440. The fourth-order valence-electron chi connectivity index (χ4n) is 7.98. The van der Waals surface area contributed by atoms with Gasteiger partial charge in [0.15, 0.2) is 11.3 Å². The van der Waals surface area contributed by atoms with Crippen LogP contribution in [-0.4, -0.2) is 61.8 Å². The van der Waals surface area contributed by atoms with Gasteiger partial charge in [0.05, 0.1) is 13.2 Å². The number of carbonyl (C=O) groups is 3. The highest BCUT2D eigenvalue weighted by molar-refractivity contribution is 6.99. The van der Waals surface area contributed by atoms with Crippen LogP contribution in [0, 0.1) is 5.92 Å². The number of ketones is 1. The van der Waals surface area contributed by atoms with Gasteiger partial charge in [-0.05, 0) is 33.8 Å². The van der Waals surface area contributed by atoms with Gasteiger partial charge in [0.25, 0.3) is 8.32 Å². The summed E-state index contributed by atoms with van der Waals surface area (Å²) in [6, 6.07) is 29.1. The van der Waals surface area contributed by atoms with Crippen LogP contribution in [0.1, 0.15) is 45.6 Å². The lowest BCUT2D eigenvalue weighted by molar-refractivity contribution is -0.167. The monoisotopic (exact) mass is 597 g/mol. The Kier molecular flexibility index (Phi) is 7.65. The maximum Gasteiger partial charge on any atom is 0.334 e. The SMILES string of the molecule is COC(=O)[C@@]12C(=O)C[C@H]3C[C@H](O[Si](c4ccccc4)(c4ccccc4)C(C)(C)C)[C@@H]1C[C@H](C(=O)OCc1ccccc1)N32. The number of hydrogen-bond acceptors (Lipinski definition) is 7. The zero-order chi connectivity index (χ0) is 30.4. The summed E-state index contributed by atoms with van der Waals surface area (Å²) in [6.07, 6.45) is 0.565. The minimum absolute atomic E-state index is 0.126. The van der Waals surface area contributed by atoms with E-state index in [1.807, 2.05) is 71.6 Å². The average molecular weight is 598 g/mol. The van der Waals surface area contributed by atoms with Crippen molar-refractivity contribution in [3.05, 3.63) is 96.6 Å². The molecule has 8 heteroatoms. The van der Waals surface area contributed by atoms with E-state index in [4.69, 9.17) is 13.9 Å². The number of carbonyl (C=O) groups excluding carboxylic acids is 3. The summed E-state index contributed by atoms with van der Waals surface area (Å²) in [5.41, 5.74) is -0.689. The molecule has 3 aliphatic heterocycles. The first-order valence-electron chi connectivity index (χ1n) is 15.0. The molecule has 3 fully saturated rings. The van der Waals surface area contributed by atoms with E-state index in [0.29, 0.717) is 6.42 Å². The molecular weight excluding hydrogens is 558 g/mol. The van der Waals surface area contributed by atoms with Crippen LogP contribution in [0.15, 0.2) is 91.0 Å². The smallest absolute Gasteiger partial charge is 0.334 e. The highest BCUT2D eigenvalue weighted by atomic mass is 28.4. The predicted octanol–water partition coefficient (Wildman–Crippen LogP) is 4.02. The second-order valence-electron chi connectivity index (χ2n) is 13.0.